The molecule has 0 aromatic heterocycles. The maximum Gasteiger partial charge on any atom is 0.308 e. The number of amides is 2. The summed E-state index contributed by atoms with van der Waals surface area (Å²) in [6, 6.07) is 13.0. The van der Waals surface area contributed by atoms with Crippen molar-refractivity contribution in [3.63, 3.8) is 0 Å². The van der Waals surface area contributed by atoms with E-state index in [1.165, 1.54) is 13.0 Å². The summed E-state index contributed by atoms with van der Waals surface area (Å²) in [5.41, 5.74) is 0.686. The highest BCUT2D eigenvalue weighted by Gasteiger charge is 2.19. The molecule has 0 radical (unpaired) electrons. The smallest absolute Gasteiger partial charge is 0.308 e. The molecule has 0 heterocycles. The van der Waals surface area contributed by atoms with Crippen molar-refractivity contribution in [2.24, 2.45) is 0 Å². The third-order valence-corrected chi connectivity index (χ3v) is 3.27. The Labute approximate surface area is 152 Å². The molecule has 2 aromatic carbocycles. The minimum Gasteiger partial charge on any atom is -0.427 e. The van der Waals surface area contributed by atoms with Gasteiger partial charge in [0.15, 0.2) is 0 Å². The van der Waals surface area contributed by atoms with Crippen LogP contribution in [0.3, 0.4) is 0 Å². The van der Waals surface area contributed by atoms with Crippen LogP contribution in [-0.2, 0) is 4.79 Å². The maximum absolute atomic E-state index is 12.5. The number of hydrogen-bond acceptors (Lipinski definition) is 4. The Kier molecular flexibility index (Phi) is 5.77. The zero-order valence-corrected chi connectivity index (χ0v) is 15.3. The Morgan fingerprint density at radius 2 is 1.62 bits per heavy atom. The van der Waals surface area contributed by atoms with Crippen LogP contribution in [0.4, 0.5) is 5.69 Å². The molecule has 2 amide bonds. The van der Waals surface area contributed by atoms with Gasteiger partial charge in [-0.3, -0.25) is 14.4 Å². The van der Waals surface area contributed by atoms with Gasteiger partial charge in [-0.2, -0.15) is 0 Å². The molecule has 0 saturated heterocycles. The Hall–Kier alpha value is -3.15. The van der Waals surface area contributed by atoms with E-state index >= 15 is 0 Å². The van der Waals surface area contributed by atoms with Gasteiger partial charge in [-0.25, -0.2) is 0 Å². The highest BCUT2D eigenvalue weighted by molar-refractivity contribution is 6.09. The Bertz CT molecular complexity index is 838. The van der Waals surface area contributed by atoms with Crippen molar-refractivity contribution < 1.29 is 19.1 Å². The number of carbonyl (C=O) groups excluding carboxylic acids is 3. The molecule has 2 aromatic rings. The molecule has 2 N–H and O–H groups in total. The van der Waals surface area contributed by atoms with Crippen molar-refractivity contribution in [2.75, 3.05) is 5.32 Å². The molecule has 0 fully saturated rings. The molecule has 0 bridgehead atoms. The molecule has 0 aliphatic carbocycles. The van der Waals surface area contributed by atoms with Crippen molar-refractivity contribution >= 4 is 23.5 Å². The van der Waals surface area contributed by atoms with Crippen LogP contribution in [0.2, 0.25) is 0 Å². The van der Waals surface area contributed by atoms with Crippen molar-refractivity contribution in [3.8, 4) is 5.75 Å². The van der Waals surface area contributed by atoms with Gasteiger partial charge in [0.25, 0.3) is 11.8 Å². The topological polar surface area (TPSA) is 84.5 Å². The SMILES string of the molecule is CC(=O)Oc1cccc(C(=O)Nc2ccccc2C(=O)NC(C)(C)C)c1. The highest BCUT2D eigenvalue weighted by atomic mass is 16.5. The van der Waals surface area contributed by atoms with Gasteiger partial charge in [0.05, 0.1) is 11.3 Å². The second kappa shape index (κ2) is 7.82. The summed E-state index contributed by atoms with van der Waals surface area (Å²) in [5, 5.41) is 5.61. The predicted octanol–water partition coefficient (Wildman–Crippen LogP) is 3.39. The van der Waals surface area contributed by atoms with Crippen LogP contribution in [0.15, 0.2) is 48.5 Å². The predicted molar refractivity (Wildman–Crippen MR) is 99.4 cm³/mol. The van der Waals surface area contributed by atoms with E-state index < -0.39 is 17.4 Å². The first-order valence-corrected chi connectivity index (χ1v) is 8.17. The number of rotatable bonds is 4. The van der Waals surface area contributed by atoms with Crippen LogP contribution >= 0.6 is 0 Å². The summed E-state index contributed by atoms with van der Waals surface area (Å²) in [6.45, 7) is 6.93. The third-order valence-electron chi connectivity index (χ3n) is 3.27. The van der Waals surface area contributed by atoms with Gasteiger partial charge in [0, 0.05) is 18.0 Å². The first-order chi connectivity index (χ1) is 12.2. The largest absolute Gasteiger partial charge is 0.427 e. The lowest BCUT2D eigenvalue weighted by molar-refractivity contribution is -0.131. The molecule has 0 saturated carbocycles. The summed E-state index contributed by atoms with van der Waals surface area (Å²) in [5.74, 6) is -0.868. The quantitative estimate of drug-likeness (QED) is 0.651. The number of anilines is 1. The molecule has 6 nitrogen and oxygen atoms in total. The van der Waals surface area contributed by atoms with Crippen LogP contribution in [0.1, 0.15) is 48.4 Å². The first kappa shape index (κ1) is 19.2. The van der Waals surface area contributed by atoms with Gasteiger partial charge < -0.3 is 15.4 Å². The average molecular weight is 354 g/mol. The van der Waals surface area contributed by atoms with Crippen LogP contribution in [0.5, 0.6) is 5.75 Å². The normalized spacial score (nSPS) is 10.8. The van der Waals surface area contributed by atoms with E-state index in [4.69, 9.17) is 4.74 Å². The molecule has 0 aliphatic heterocycles. The van der Waals surface area contributed by atoms with Gasteiger partial charge in [0.2, 0.25) is 0 Å². The number of carbonyl (C=O) groups is 3. The minimum atomic E-state index is -0.466. The Morgan fingerprint density at radius 3 is 2.27 bits per heavy atom. The number of para-hydroxylation sites is 1. The molecular formula is C20H22N2O4. The van der Waals surface area contributed by atoms with E-state index in [2.05, 4.69) is 10.6 Å². The van der Waals surface area contributed by atoms with Crippen molar-refractivity contribution in [1.82, 2.24) is 5.32 Å². The van der Waals surface area contributed by atoms with Gasteiger partial charge in [-0.1, -0.05) is 18.2 Å². The number of nitrogens with one attached hydrogen (secondary N) is 2. The standard InChI is InChI=1S/C20H22N2O4/c1-13(23)26-15-9-7-8-14(12-15)18(24)21-17-11-6-5-10-16(17)19(25)22-20(2,3)4/h5-12H,1-4H3,(H,21,24)(H,22,25). The number of ether oxygens (including phenoxy) is 1. The maximum atomic E-state index is 12.5. The average Bonchev–Trinajstić information content (AvgIpc) is 2.53. The molecule has 6 heteroatoms. The molecule has 2 rings (SSSR count). The molecule has 136 valence electrons. The van der Waals surface area contributed by atoms with E-state index in [0.717, 1.165) is 0 Å². The molecule has 0 spiro atoms. The van der Waals surface area contributed by atoms with Crippen LogP contribution in [0, 0.1) is 0 Å². The molecule has 0 unspecified atom stereocenters. The molecular weight excluding hydrogens is 332 g/mol. The van der Waals surface area contributed by atoms with Gasteiger partial charge in [0.1, 0.15) is 5.75 Å². The fraction of sp³-hybridized carbons (Fsp3) is 0.250. The third kappa shape index (κ3) is 5.44. The minimum absolute atomic E-state index is 0.276. The van der Waals surface area contributed by atoms with Gasteiger partial charge >= 0.3 is 5.97 Å². The summed E-state index contributed by atoms with van der Waals surface area (Å²) < 4.78 is 4.99. The van der Waals surface area contributed by atoms with Crippen LogP contribution < -0.4 is 15.4 Å². The highest BCUT2D eigenvalue weighted by Crippen LogP contribution is 2.19. The number of hydrogen-bond donors (Lipinski definition) is 2. The lowest BCUT2D eigenvalue weighted by Crippen LogP contribution is -2.40. The summed E-state index contributed by atoms with van der Waals surface area (Å²) in [6.07, 6.45) is 0. The zero-order valence-electron chi connectivity index (χ0n) is 15.3. The lowest BCUT2D eigenvalue weighted by atomic mass is 10.1. The van der Waals surface area contributed by atoms with E-state index in [9.17, 15) is 14.4 Å². The molecule has 0 atom stereocenters. The second-order valence-electron chi connectivity index (χ2n) is 6.83. The molecule has 0 aliphatic rings. The summed E-state index contributed by atoms with van der Waals surface area (Å²) in [7, 11) is 0. The molecule has 26 heavy (non-hydrogen) atoms. The summed E-state index contributed by atoms with van der Waals surface area (Å²) >= 11 is 0. The number of benzene rings is 2. The Balaban J connectivity index is 2.22. The Morgan fingerprint density at radius 1 is 0.923 bits per heavy atom. The summed E-state index contributed by atoms with van der Waals surface area (Å²) in [4.78, 5) is 36.0. The van der Waals surface area contributed by atoms with Gasteiger partial charge in [-0.05, 0) is 51.1 Å². The van der Waals surface area contributed by atoms with E-state index in [1.54, 1.807) is 42.5 Å². The fourth-order valence-electron chi connectivity index (χ4n) is 2.26. The number of esters is 1. The fourth-order valence-corrected chi connectivity index (χ4v) is 2.26. The van der Waals surface area contributed by atoms with E-state index in [0.29, 0.717) is 16.8 Å². The van der Waals surface area contributed by atoms with Crippen LogP contribution in [-0.4, -0.2) is 23.3 Å². The van der Waals surface area contributed by atoms with Gasteiger partial charge in [-0.15, -0.1) is 0 Å². The van der Waals surface area contributed by atoms with E-state index in [1.807, 2.05) is 20.8 Å². The van der Waals surface area contributed by atoms with Crippen LogP contribution in [0.25, 0.3) is 0 Å². The van der Waals surface area contributed by atoms with Crippen molar-refractivity contribution in [2.45, 2.75) is 33.2 Å². The van der Waals surface area contributed by atoms with E-state index in [-0.39, 0.29) is 11.7 Å². The monoisotopic (exact) mass is 354 g/mol. The van der Waals surface area contributed by atoms with Crippen molar-refractivity contribution in [1.29, 1.82) is 0 Å². The second-order valence-corrected chi connectivity index (χ2v) is 6.83. The first-order valence-electron chi connectivity index (χ1n) is 8.17. The van der Waals surface area contributed by atoms with Crippen molar-refractivity contribution in [3.05, 3.63) is 59.7 Å². The zero-order chi connectivity index (χ0) is 19.3. The lowest BCUT2D eigenvalue weighted by Gasteiger charge is -2.21.